The second kappa shape index (κ2) is 15.8. The topological polar surface area (TPSA) is 166 Å². The zero-order valence-electron chi connectivity index (χ0n) is 27.0. The summed E-state index contributed by atoms with van der Waals surface area (Å²) < 4.78 is 77.3. The van der Waals surface area contributed by atoms with Gasteiger partial charge >= 0.3 is 18.3 Å². The van der Waals surface area contributed by atoms with Crippen LogP contribution < -0.4 is 24.7 Å². The van der Waals surface area contributed by atoms with E-state index in [0.29, 0.717) is 4.73 Å². The molecule has 1 saturated carbocycles. The first kappa shape index (κ1) is 36.8. The second-order valence-corrected chi connectivity index (χ2v) is 14.6. The molecule has 52 heavy (non-hydrogen) atoms. The van der Waals surface area contributed by atoms with Gasteiger partial charge in [-0.1, -0.05) is 35.3 Å². The Bertz CT molecular complexity index is 2230. The number of alkyl halides is 2. The zero-order chi connectivity index (χ0) is 37.0. The highest BCUT2D eigenvalue weighted by atomic mass is 35.5. The Balaban J connectivity index is 1.23. The van der Waals surface area contributed by atoms with Crippen LogP contribution in [0.4, 0.5) is 14.5 Å². The average molecular weight is 780 g/mol. The van der Waals surface area contributed by atoms with E-state index in [1.54, 1.807) is 24.5 Å². The van der Waals surface area contributed by atoms with E-state index < -0.39 is 41.0 Å². The Morgan fingerprint density at radius 1 is 1.12 bits per heavy atom. The first-order valence-corrected chi connectivity index (χ1v) is 18.2. The molecule has 274 valence electrons. The van der Waals surface area contributed by atoms with Crippen LogP contribution in [0.25, 0.3) is 11.1 Å². The predicted octanol–water partition coefficient (Wildman–Crippen LogP) is 5.83. The van der Waals surface area contributed by atoms with E-state index >= 15 is 0 Å². The van der Waals surface area contributed by atoms with Crippen molar-refractivity contribution in [3.63, 3.8) is 0 Å². The van der Waals surface area contributed by atoms with Gasteiger partial charge in [0.1, 0.15) is 22.7 Å². The summed E-state index contributed by atoms with van der Waals surface area (Å²) in [5, 5.41) is 11.8. The number of hydrogen-bond acceptors (Lipinski definition) is 10. The fourth-order valence-electron chi connectivity index (χ4n) is 5.30. The molecule has 13 nitrogen and oxygen atoms in total. The molecule has 2 aromatic carbocycles. The number of ether oxygens (including phenoxy) is 3. The van der Waals surface area contributed by atoms with Crippen molar-refractivity contribution < 1.29 is 45.4 Å². The molecule has 1 atom stereocenters. The smallest absolute Gasteiger partial charge is 0.420 e. The number of fused-ring (bicyclic) bond motifs is 1. The maximum absolute atomic E-state index is 13.5. The quantitative estimate of drug-likeness (QED) is 0.0732. The van der Waals surface area contributed by atoms with Crippen molar-refractivity contribution in [2.24, 2.45) is 5.92 Å². The van der Waals surface area contributed by atoms with E-state index in [9.17, 15) is 32.0 Å². The summed E-state index contributed by atoms with van der Waals surface area (Å²) >= 11 is 12.7. The number of pyridine rings is 2. The number of rotatable bonds is 16. The minimum absolute atomic E-state index is 0.00245. The summed E-state index contributed by atoms with van der Waals surface area (Å²) in [5.41, 5.74) is 1.60. The Morgan fingerprint density at radius 2 is 1.88 bits per heavy atom. The number of carbonyl (C=O) groups excluding carboxylic acids is 1. The van der Waals surface area contributed by atoms with Gasteiger partial charge in [0.2, 0.25) is 10.0 Å². The Hall–Kier alpha value is -4.93. The van der Waals surface area contributed by atoms with Gasteiger partial charge in [-0.05, 0) is 66.6 Å². The van der Waals surface area contributed by atoms with Crippen LogP contribution in [0.5, 0.6) is 11.5 Å². The maximum Gasteiger partial charge on any atom is 0.420 e. The largest absolute Gasteiger partial charge is 0.619 e. The van der Waals surface area contributed by atoms with Gasteiger partial charge in [-0.3, -0.25) is 19.1 Å². The molecule has 1 aliphatic carbocycles. The number of sulfonamides is 1. The number of aromatic nitrogens is 3. The average Bonchev–Trinajstić information content (AvgIpc) is 3.87. The number of benzene rings is 2. The number of nitrogens with zero attached hydrogens (tertiary/aromatic N) is 3. The molecule has 6 rings (SSSR count). The SMILES string of the molecule is O=C(Cn1c(=O)oc2cc(NS(=O)(=O)CCc3cccnc3)ccc21)O[C@@H](Cc1c(Cl)c[n+]([O-])cc1Cl)c1ccc(OC(F)F)c(OCC2CC2)c1. The lowest BCUT2D eigenvalue weighted by Crippen LogP contribution is -2.26. The lowest BCUT2D eigenvalue weighted by Gasteiger charge is -2.21. The number of esters is 1. The third-order valence-electron chi connectivity index (χ3n) is 8.06. The summed E-state index contributed by atoms with van der Waals surface area (Å²) in [5.74, 6) is -2.01. The fourth-order valence-corrected chi connectivity index (χ4v) is 6.99. The fraction of sp³-hybridized carbons (Fsp3) is 0.294. The summed E-state index contributed by atoms with van der Waals surface area (Å²) in [7, 11) is -3.78. The van der Waals surface area contributed by atoms with Crippen LogP contribution in [0.2, 0.25) is 10.0 Å². The van der Waals surface area contributed by atoms with Crippen LogP contribution in [-0.4, -0.2) is 42.9 Å². The minimum atomic E-state index is -3.78. The van der Waals surface area contributed by atoms with Crippen LogP contribution in [0, 0.1) is 11.1 Å². The van der Waals surface area contributed by atoms with E-state index in [-0.39, 0.29) is 80.6 Å². The molecule has 0 spiro atoms. The summed E-state index contributed by atoms with van der Waals surface area (Å²) in [6.07, 6.45) is 6.05. The van der Waals surface area contributed by atoms with Crippen LogP contribution >= 0.6 is 23.2 Å². The van der Waals surface area contributed by atoms with Gasteiger partial charge in [0.15, 0.2) is 29.5 Å². The summed E-state index contributed by atoms with van der Waals surface area (Å²) in [6.45, 7) is -3.49. The van der Waals surface area contributed by atoms with E-state index in [0.717, 1.165) is 35.4 Å². The van der Waals surface area contributed by atoms with Crippen molar-refractivity contribution >= 4 is 56.0 Å². The van der Waals surface area contributed by atoms with Gasteiger partial charge in [0.05, 0.1) is 23.6 Å². The van der Waals surface area contributed by atoms with Crippen LogP contribution in [-0.2, 0) is 38.9 Å². The summed E-state index contributed by atoms with van der Waals surface area (Å²) in [4.78, 5) is 30.3. The standard InChI is InChI=1S/C34H30Cl2F2N4O9S/c35-25-16-41(45)17-26(36)24(25)14-29(22-5-8-28(50-33(37)38)31(12-22)48-19-21-3-4-21)49-32(43)18-42-27-7-6-23(13-30(27)51-34(42)44)40-52(46,47)11-9-20-2-1-10-39-15-20/h1-2,5-8,10,12-13,15-17,21,29,33,40H,3-4,9,11,14,18-19H2/t29-/m0/s1. The molecular weight excluding hydrogens is 749 g/mol. The molecule has 1 aliphatic rings. The molecule has 0 amide bonds. The number of halogens is 4. The van der Waals surface area contributed by atoms with Crippen molar-refractivity contribution in [1.29, 1.82) is 0 Å². The molecule has 0 bridgehead atoms. The predicted molar refractivity (Wildman–Crippen MR) is 185 cm³/mol. The zero-order valence-corrected chi connectivity index (χ0v) is 29.4. The maximum atomic E-state index is 13.5. The number of anilines is 1. The lowest BCUT2D eigenvalue weighted by atomic mass is 10.0. The first-order valence-electron chi connectivity index (χ1n) is 15.8. The lowest BCUT2D eigenvalue weighted by molar-refractivity contribution is -0.605. The van der Waals surface area contributed by atoms with Crippen LogP contribution in [0.3, 0.4) is 0 Å². The Morgan fingerprint density at radius 3 is 2.58 bits per heavy atom. The van der Waals surface area contributed by atoms with Gasteiger partial charge in [-0.2, -0.15) is 13.5 Å². The molecule has 3 aromatic heterocycles. The Labute approximate surface area is 305 Å². The van der Waals surface area contributed by atoms with Crippen molar-refractivity contribution in [3.05, 3.63) is 116 Å². The van der Waals surface area contributed by atoms with Gasteiger partial charge < -0.3 is 23.8 Å². The van der Waals surface area contributed by atoms with E-state index in [2.05, 4.69) is 14.4 Å². The molecular formula is C34H30Cl2F2N4O9S. The molecule has 0 saturated heterocycles. The monoisotopic (exact) mass is 778 g/mol. The third kappa shape index (κ3) is 9.48. The van der Waals surface area contributed by atoms with Gasteiger partial charge in [0.25, 0.3) is 0 Å². The third-order valence-corrected chi connectivity index (χ3v) is 10.00. The number of oxazole rings is 1. The molecule has 5 aromatic rings. The summed E-state index contributed by atoms with van der Waals surface area (Å²) in [6, 6.07) is 11.7. The van der Waals surface area contributed by atoms with E-state index in [4.69, 9.17) is 37.1 Å². The number of hydrogen-bond donors (Lipinski definition) is 1. The van der Waals surface area contributed by atoms with Gasteiger partial charge in [0, 0.05) is 30.4 Å². The highest BCUT2D eigenvalue weighted by molar-refractivity contribution is 7.92. The molecule has 1 fully saturated rings. The van der Waals surface area contributed by atoms with Crippen molar-refractivity contribution in [2.45, 2.75) is 44.9 Å². The van der Waals surface area contributed by atoms with Crippen LogP contribution in [0.1, 0.15) is 35.6 Å². The van der Waals surface area contributed by atoms with Crippen molar-refractivity contribution in [2.75, 3.05) is 17.1 Å². The molecule has 3 heterocycles. The molecule has 0 aliphatic heterocycles. The Kier molecular flexibility index (Phi) is 11.2. The number of carbonyl (C=O) groups is 1. The number of nitrogens with one attached hydrogen (secondary N) is 1. The van der Waals surface area contributed by atoms with Crippen molar-refractivity contribution in [3.8, 4) is 11.5 Å². The molecule has 0 radical (unpaired) electrons. The van der Waals surface area contributed by atoms with E-state index in [1.165, 1.54) is 36.4 Å². The van der Waals surface area contributed by atoms with Crippen LogP contribution in [0.15, 0.2) is 82.5 Å². The molecule has 0 unspecified atom stereocenters. The number of aryl methyl sites for hydroxylation is 1. The van der Waals surface area contributed by atoms with E-state index in [1.807, 2.05) is 0 Å². The molecule has 18 heteroatoms. The first-order chi connectivity index (χ1) is 24.8. The van der Waals surface area contributed by atoms with Gasteiger partial charge in [-0.15, -0.1) is 0 Å². The van der Waals surface area contributed by atoms with Crippen molar-refractivity contribution in [1.82, 2.24) is 9.55 Å². The van der Waals surface area contributed by atoms with Gasteiger partial charge in [-0.25, -0.2) is 13.2 Å². The highest BCUT2D eigenvalue weighted by Crippen LogP contribution is 2.38. The minimum Gasteiger partial charge on any atom is -0.619 e. The second-order valence-electron chi connectivity index (χ2n) is 12.0. The normalized spacial score (nSPS) is 13.6. The molecule has 1 N–H and O–H groups in total. The highest BCUT2D eigenvalue weighted by Gasteiger charge is 2.27.